The number of benzene rings is 2. The fourth-order valence-corrected chi connectivity index (χ4v) is 1.89. The number of ether oxygens (including phenoxy) is 1. The first-order chi connectivity index (χ1) is 9.44. The number of hydrogen-bond donors (Lipinski definition) is 0. The number of esters is 1. The topological polar surface area (TPSA) is 38.7 Å². The summed E-state index contributed by atoms with van der Waals surface area (Å²) in [6.45, 7) is 5.58. The van der Waals surface area contributed by atoms with E-state index >= 15 is 0 Å². The summed E-state index contributed by atoms with van der Waals surface area (Å²) in [5, 5.41) is 2.35. The fourth-order valence-electron chi connectivity index (χ4n) is 1.89. The van der Waals surface area contributed by atoms with E-state index in [1.807, 2.05) is 51.1 Å². The van der Waals surface area contributed by atoms with E-state index in [2.05, 4.69) is 17.1 Å². The first-order valence-corrected chi connectivity index (χ1v) is 6.64. The molecular weight excluding hydrogens is 250 g/mol. The number of carbonyl (C=O) groups excluding carboxylic acids is 1. The van der Waals surface area contributed by atoms with Crippen LogP contribution in [0.4, 0.5) is 0 Å². The van der Waals surface area contributed by atoms with Crippen molar-refractivity contribution >= 4 is 23.0 Å². The molecule has 0 saturated heterocycles. The normalized spacial score (nSPS) is 11.9. The molecule has 0 spiro atoms. The zero-order chi connectivity index (χ0) is 14.6. The van der Waals surface area contributed by atoms with Crippen molar-refractivity contribution in [3.8, 4) is 0 Å². The fraction of sp³-hybridized carbons (Fsp3) is 0.294. The summed E-state index contributed by atoms with van der Waals surface area (Å²) in [6.07, 6.45) is 1.70. The van der Waals surface area contributed by atoms with Gasteiger partial charge in [-0.15, -0.1) is 0 Å². The molecule has 2 aromatic rings. The standard InChI is InChI=1S/C17H19NO2/c1-17(2,3)20-16(19)12-18-11-13-8-9-14-6-4-5-7-15(14)10-13/h4-11H,12H2,1-3H3. The average Bonchev–Trinajstić information content (AvgIpc) is 2.36. The molecule has 0 radical (unpaired) electrons. The third-order valence-corrected chi connectivity index (χ3v) is 2.65. The second kappa shape index (κ2) is 5.87. The van der Waals surface area contributed by atoms with Gasteiger partial charge in [-0.05, 0) is 43.2 Å². The van der Waals surface area contributed by atoms with Crippen LogP contribution < -0.4 is 0 Å². The minimum absolute atomic E-state index is 0.0457. The van der Waals surface area contributed by atoms with Crippen LogP contribution in [0, 0.1) is 0 Å². The second-order valence-electron chi connectivity index (χ2n) is 5.66. The van der Waals surface area contributed by atoms with Crippen molar-refractivity contribution in [3.63, 3.8) is 0 Å². The van der Waals surface area contributed by atoms with Crippen molar-refractivity contribution in [1.29, 1.82) is 0 Å². The number of aliphatic imine (C=N–C) groups is 1. The number of nitrogens with zero attached hydrogens (tertiary/aromatic N) is 1. The monoisotopic (exact) mass is 269 g/mol. The van der Waals surface area contributed by atoms with Crippen molar-refractivity contribution in [2.24, 2.45) is 4.99 Å². The van der Waals surface area contributed by atoms with Crippen molar-refractivity contribution in [3.05, 3.63) is 48.0 Å². The van der Waals surface area contributed by atoms with Gasteiger partial charge in [0, 0.05) is 6.21 Å². The molecule has 104 valence electrons. The molecule has 0 atom stereocenters. The maximum atomic E-state index is 11.5. The van der Waals surface area contributed by atoms with E-state index < -0.39 is 5.60 Å². The second-order valence-corrected chi connectivity index (χ2v) is 5.66. The highest BCUT2D eigenvalue weighted by atomic mass is 16.6. The summed E-state index contributed by atoms with van der Waals surface area (Å²) < 4.78 is 5.19. The van der Waals surface area contributed by atoms with E-state index in [0.29, 0.717) is 0 Å². The van der Waals surface area contributed by atoms with Gasteiger partial charge in [0.2, 0.25) is 0 Å². The Hall–Kier alpha value is -2.16. The molecule has 0 unspecified atom stereocenters. The average molecular weight is 269 g/mol. The molecule has 0 aliphatic heterocycles. The highest BCUT2D eigenvalue weighted by Crippen LogP contribution is 2.14. The van der Waals surface area contributed by atoms with E-state index in [1.54, 1.807) is 6.21 Å². The molecule has 2 rings (SSSR count). The molecule has 0 bridgehead atoms. The minimum atomic E-state index is -0.463. The largest absolute Gasteiger partial charge is 0.459 e. The predicted octanol–water partition coefficient (Wildman–Crippen LogP) is 3.60. The Bertz CT molecular complexity index is 639. The Morgan fingerprint density at radius 3 is 2.55 bits per heavy atom. The van der Waals surface area contributed by atoms with Crippen LogP contribution in [-0.2, 0) is 9.53 Å². The van der Waals surface area contributed by atoms with Gasteiger partial charge in [-0.2, -0.15) is 0 Å². The molecule has 0 aliphatic carbocycles. The molecule has 0 N–H and O–H groups in total. The van der Waals surface area contributed by atoms with Gasteiger partial charge in [0.05, 0.1) is 0 Å². The zero-order valence-corrected chi connectivity index (χ0v) is 12.1. The number of fused-ring (bicyclic) bond motifs is 1. The maximum Gasteiger partial charge on any atom is 0.328 e. The lowest BCUT2D eigenvalue weighted by atomic mass is 10.1. The first-order valence-electron chi connectivity index (χ1n) is 6.64. The lowest BCUT2D eigenvalue weighted by molar-refractivity contribution is -0.152. The highest BCUT2D eigenvalue weighted by molar-refractivity contribution is 5.91. The van der Waals surface area contributed by atoms with Gasteiger partial charge in [0.15, 0.2) is 0 Å². The van der Waals surface area contributed by atoms with Crippen molar-refractivity contribution in [1.82, 2.24) is 0 Å². The Labute approximate surface area is 119 Å². The third-order valence-electron chi connectivity index (χ3n) is 2.65. The molecule has 20 heavy (non-hydrogen) atoms. The van der Waals surface area contributed by atoms with Crippen LogP contribution in [0.5, 0.6) is 0 Å². The van der Waals surface area contributed by atoms with Crippen molar-refractivity contribution < 1.29 is 9.53 Å². The molecule has 0 saturated carbocycles. The van der Waals surface area contributed by atoms with Gasteiger partial charge in [-0.25, -0.2) is 0 Å². The van der Waals surface area contributed by atoms with E-state index in [4.69, 9.17) is 4.74 Å². The quantitative estimate of drug-likeness (QED) is 0.631. The van der Waals surface area contributed by atoms with E-state index in [9.17, 15) is 4.79 Å². The van der Waals surface area contributed by atoms with E-state index in [-0.39, 0.29) is 12.5 Å². The van der Waals surface area contributed by atoms with Crippen LogP contribution in [0.25, 0.3) is 10.8 Å². The summed E-state index contributed by atoms with van der Waals surface area (Å²) in [5.41, 5.74) is 0.516. The SMILES string of the molecule is CC(C)(C)OC(=O)CN=Cc1ccc2ccccc2c1. The molecule has 0 aliphatic rings. The molecular formula is C17H19NO2. The summed E-state index contributed by atoms with van der Waals surface area (Å²) in [7, 11) is 0. The van der Waals surface area contributed by atoms with E-state index in [1.165, 1.54) is 5.39 Å². The highest BCUT2D eigenvalue weighted by Gasteiger charge is 2.15. The van der Waals surface area contributed by atoms with Crippen molar-refractivity contribution in [2.45, 2.75) is 26.4 Å². The first kappa shape index (κ1) is 14.3. The Morgan fingerprint density at radius 2 is 1.85 bits per heavy atom. The molecule has 2 aromatic carbocycles. The smallest absolute Gasteiger partial charge is 0.328 e. The Kier molecular flexibility index (Phi) is 4.18. The summed E-state index contributed by atoms with van der Waals surface area (Å²) in [5.74, 6) is -0.311. The molecule has 0 amide bonds. The molecule has 0 heterocycles. The van der Waals surface area contributed by atoms with Gasteiger partial charge in [0.1, 0.15) is 12.1 Å². The lowest BCUT2D eigenvalue weighted by Gasteiger charge is -2.18. The summed E-state index contributed by atoms with van der Waals surface area (Å²) in [6, 6.07) is 14.2. The van der Waals surface area contributed by atoms with Crippen molar-refractivity contribution in [2.75, 3.05) is 6.54 Å². The van der Waals surface area contributed by atoms with Crippen LogP contribution >= 0.6 is 0 Å². The molecule has 3 heteroatoms. The van der Waals surface area contributed by atoms with Crippen LogP contribution in [0.3, 0.4) is 0 Å². The molecule has 3 nitrogen and oxygen atoms in total. The Balaban J connectivity index is 2.01. The number of rotatable bonds is 3. The lowest BCUT2D eigenvalue weighted by Crippen LogP contribution is -2.25. The van der Waals surface area contributed by atoms with Gasteiger partial charge in [0.25, 0.3) is 0 Å². The maximum absolute atomic E-state index is 11.5. The third kappa shape index (κ3) is 4.19. The molecule has 0 aromatic heterocycles. The summed E-state index contributed by atoms with van der Waals surface area (Å²) >= 11 is 0. The molecule has 0 fully saturated rings. The minimum Gasteiger partial charge on any atom is -0.459 e. The summed E-state index contributed by atoms with van der Waals surface area (Å²) in [4.78, 5) is 15.7. The van der Waals surface area contributed by atoms with Crippen LogP contribution in [0.15, 0.2) is 47.5 Å². The predicted molar refractivity (Wildman–Crippen MR) is 82.3 cm³/mol. The number of carbonyl (C=O) groups is 1. The van der Waals surface area contributed by atoms with Gasteiger partial charge in [-0.1, -0.05) is 36.4 Å². The van der Waals surface area contributed by atoms with Crippen LogP contribution in [-0.4, -0.2) is 24.3 Å². The van der Waals surface area contributed by atoms with Crippen LogP contribution in [0.1, 0.15) is 26.3 Å². The van der Waals surface area contributed by atoms with E-state index in [0.717, 1.165) is 10.9 Å². The van der Waals surface area contributed by atoms with Gasteiger partial charge in [-0.3, -0.25) is 9.79 Å². The van der Waals surface area contributed by atoms with Gasteiger partial charge < -0.3 is 4.74 Å². The zero-order valence-electron chi connectivity index (χ0n) is 12.1. The Morgan fingerprint density at radius 1 is 1.15 bits per heavy atom. The van der Waals surface area contributed by atoms with Gasteiger partial charge >= 0.3 is 5.97 Å². The number of hydrogen-bond acceptors (Lipinski definition) is 3. The van der Waals surface area contributed by atoms with Crippen LogP contribution in [0.2, 0.25) is 0 Å².